The second-order valence-electron chi connectivity index (χ2n) is 8.46. The molecule has 0 saturated heterocycles. The van der Waals surface area contributed by atoms with Gasteiger partial charge in [-0.1, -0.05) is 13.8 Å². The highest BCUT2D eigenvalue weighted by molar-refractivity contribution is 5.89. The fourth-order valence-corrected chi connectivity index (χ4v) is 4.48. The van der Waals surface area contributed by atoms with Crippen LogP contribution in [0.1, 0.15) is 47.8 Å². The average Bonchev–Trinajstić information content (AvgIpc) is 3.23. The maximum atomic E-state index is 14.4. The van der Waals surface area contributed by atoms with E-state index < -0.39 is 35.1 Å². The third-order valence-electron chi connectivity index (χ3n) is 6.25. The Kier molecular flexibility index (Phi) is 6.72. The molecule has 0 radical (unpaired) electrons. The van der Waals surface area contributed by atoms with Crippen molar-refractivity contribution in [1.29, 1.82) is 0 Å². The van der Waals surface area contributed by atoms with Crippen molar-refractivity contribution in [1.82, 2.24) is 14.6 Å². The number of cyclic esters (lactones) is 1. The second kappa shape index (κ2) is 9.64. The Morgan fingerprint density at radius 2 is 2.00 bits per heavy atom. The number of pyridine rings is 2. The van der Waals surface area contributed by atoms with E-state index in [0.717, 1.165) is 11.2 Å². The molecular weight excluding hydrogens is 485 g/mol. The number of hydrogen-bond acceptors (Lipinski definition) is 9. The molecule has 4 heterocycles. The van der Waals surface area contributed by atoms with Crippen molar-refractivity contribution in [3.05, 3.63) is 74.1 Å². The first-order chi connectivity index (χ1) is 17.6. The van der Waals surface area contributed by atoms with Crippen LogP contribution < -0.4 is 17.1 Å². The summed E-state index contributed by atoms with van der Waals surface area (Å²) in [6.45, 7) is 5.41. The third kappa shape index (κ3) is 4.30. The van der Waals surface area contributed by atoms with Crippen LogP contribution in [0.25, 0.3) is 22.3 Å². The van der Waals surface area contributed by atoms with Crippen LogP contribution in [0.4, 0.5) is 4.39 Å². The number of aliphatic hydroxyl groups excluding tert-OH is 1. The predicted molar refractivity (Wildman–Crippen MR) is 131 cm³/mol. The van der Waals surface area contributed by atoms with Gasteiger partial charge in [0.2, 0.25) is 0 Å². The standard InChI is InChI=1S/C23H20FN5O6.C2H6/c1-9-2-10-12(5-28(26)7-16(25)22(32)33)13-6-29-18(19(13)27-17(10)4-15(9)24)3-11-14(21(29)31)8-35-23(34)20(11)30;1-2/h2-4,7,20,30H,5-6,8,25-26H2,1H3,(H,32,33);1-2H3/b16-7-;. The SMILES string of the molecule is CC.Cc1cc2c(CN(N)/C=C(\N)C(=O)O)c3c(nc2cc1F)-c1cc2c(c(=O)n1C3)COC(=O)C2O. The second-order valence-corrected chi connectivity index (χ2v) is 8.46. The topological polar surface area (TPSA) is 174 Å². The molecule has 0 spiro atoms. The Balaban J connectivity index is 0.00000156. The number of rotatable bonds is 4. The first-order valence-corrected chi connectivity index (χ1v) is 11.5. The zero-order chi connectivity index (χ0) is 27.2. The largest absolute Gasteiger partial charge is 0.477 e. The molecule has 5 rings (SSSR count). The molecule has 11 nitrogen and oxygen atoms in total. The summed E-state index contributed by atoms with van der Waals surface area (Å²) in [5, 5.41) is 21.0. The molecule has 194 valence electrons. The van der Waals surface area contributed by atoms with Crippen molar-refractivity contribution in [3.8, 4) is 11.4 Å². The van der Waals surface area contributed by atoms with E-state index in [1.54, 1.807) is 13.0 Å². The van der Waals surface area contributed by atoms with Gasteiger partial charge in [0.25, 0.3) is 5.56 Å². The van der Waals surface area contributed by atoms with E-state index >= 15 is 0 Å². The number of aliphatic carboxylic acids is 1. The van der Waals surface area contributed by atoms with Gasteiger partial charge in [0.1, 0.15) is 18.1 Å². The highest BCUT2D eigenvalue weighted by Gasteiger charge is 2.34. The van der Waals surface area contributed by atoms with Crippen LogP contribution in [0, 0.1) is 12.7 Å². The number of carboxylic acid groups (broad SMARTS) is 1. The lowest BCUT2D eigenvalue weighted by atomic mass is 9.97. The summed E-state index contributed by atoms with van der Waals surface area (Å²) in [6.07, 6.45) is -0.547. The maximum absolute atomic E-state index is 14.4. The first kappa shape index (κ1) is 25.8. The quantitative estimate of drug-likeness (QED) is 0.136. The van der Waals surface area contributed by atoms with Gasteiger partial charge in [0.05, 0.1) is 35.6 Å². The summed E-state index contributed by atoms with van der Waals surface area (Å²) >= 11 is 0. The molecule has 37 heavy (non-hydrogen) atoms. The normalized spacial score (nSPS) is 15.8. The van der Waals surface area contributed by atoms with E-state index in [4.69, 9.17) is 21.4 Å². The van der Waals surface area contributed by atoms with Gasteiger partial charge >= 0.3 is 11.9 Å². The molecule has 12 heteroatoms. The number of carbonyl (C=O) groups is 2. The van der Waals surface area contributed by atoms with Crippen LogP contribution >= 0.6 is 0 Å². The van der Waals surface area contributed by atoms with Gasteiger partial charge in [-0.15, -0.1) is 0 Å². The van der Waals surface area contributed by atoms with E-state index in [2.05, 4.69) is 4.98 Å². The number of hydrogen-bond donors (Lipinski definition) is 4. The monoisotopic (exact) mass is 511 g/mol. The number of halogens is 1. The lowest BCUT2D eigenvalue weighted by molar-refractivity contribution is -0.157. The fraction of sp³-hybridized carbons (Fsp3) is 0.280. The number of carboxylic acids is 1. The zero-order valence-electron chi connectivity index (χ0n) is 20.4. The number of carbonyl (C=O) groups excluding carboxylic acids is 1. The number of nitrogens with two attached hydrogens (primary N) is 2. The molecule has 0 saturated carbocycles. The molecule has 0 amide bonds. The molecular formula is C25H26FN5O6. The highest BCUT2D eigenvalue weighted by atomic mass is 19.1. The number of aliphatic hydroxyl groups is 1. The number of benzene rings is 1. The number of nitrogens with zero attached hydrogens (tertiary/aromatic N) is 3. The van der Waals surface area contributed by atoms with E-state index in [0.29, 0.717) is 39.0 Å². The number of aryl methyl sites for hydroxylation is 1. The van der Waals surface area contributed by atoms with Gasteiger partial charge in [-0.25, -0.2) is 24.8 Å². The van der Waals surface area contributed by atoms with Crippen LogP contribution in [0.15, 0.2) is 34.9 Å². The third-order valence-corrected chi connectivity index (χ3v) is 6.25. The van der Waals surface area contributed by atoms with Crippen molar-refractivity contribution in [2.24, 2.45) is 11.6 Å². The van der Waals surface area contributed by atoms with Crippen molar-refractivity contribution in [2.45, 2.75) is 46.6 Å². The molecule has 1 atom stereocenters. The Morgan fingerprint density at radius 1 is 1.30 bits per heavy atom. The van der Waals surface area contributed by atoms with Gasteiger partial charge < -0.3 is 30.3 Å². The van der Waals surface area contributed by atoms with Crippen LogP contribution in [-0.4, -0.2) is 36.7 Å². The van der Waals surface area contributed by atoms with E-state index in [1.807, 2.05) is 13.8 Å². The molecule has 3 aromatic rings. The number of esters is 1. The molecule has 1 aromatic carbocycles. The highest BCUT2D eigenvalue weighted by Crippen LogP contribution is 2.38. The number of ether oxygens (including phenoxy) is 1. The van der Waals surface area contributed by atoms with Gasteiger partial charge in [-0.2, -0.15) is 0 Å². The predicted octanol–water partition coefficient (Wildman–Crippen LogP) is 1.55. The number of hydrazine groups is 1. The molecule has 0 fully saturated rings. The molecule has 6 N–H and O–H groups in total. The minimum atomic E-state index is -1.61. The molecule has 2 aliphatic rings. The van der Waals surface area contributed by atoms with E-state index in [9.17, 15) is 23.9 Å². The van der Waals surface area contributed by atoms with E-state index in [1.165, 1.54) is 16.7 Å². The maximum Gasteiger partial charge on any atom is 0.353 e. The van der Waals surface area contributed by atoms with Crippen LogP contribution in [0.5, 0.6) is 0 Å². The molecule has 0 aliphatic carbocycles. The minimum absolute atomic E-state index is 0.0208. The Bertz CT molecular complexity index is 1550. The summed E-state index contributed by atoms with van der Waals surface area (Å²) in [7, 11) is 0. The smallest absolute Gasteiger partial charge is 0.353 e. The Hall–Kier alpha value is -4.29. The number of fused-ring (bicyclic) bond motifs is 5. The summed E-state index contributed by atoms with van der Waals surface area (Å²) < 4.78 is 20.8. The van der Waals surface area contributed by atoms with Crippen LogP contribution in [0.2, 0.25) is 0 Å². The lowest BCUT2D eigenvalue weighted by Crippen LogP contribution is -2.32. The molecule has 0 bridgehead atoms. The lowest BCUT2D eigenvalue weighted by Gasteiger charge is -2.21. The van der Waals surface area contributed by atoms with Gasteiger partial charge in [-0.3, -0.25) is 4.79 Å². The van der Waals surface area contributed by atoms with Crippen molar-refractivity contribution >= 4 is 22.8 Å². The first-order valence-electron chi connectivity index (χ1n) is 11.5. The van der Waals surface area contributed by atoms with Crippen LogP contribution in [0.3, 0.4) is 0 Å². The fourth-order valence-electron chi connectivity index (χ4n) is 4.48. The molecule has 1 unspecified atom stereocenters. The molecule has 2 aromatic heterocycles. The minimum Gasteiger partial charge on any atom is -0.477 e. The number of aromatic nitrogens is 2. The van der Waals surface area contributed by atoms with Crippen molar-refractivity contribution < 1.29 is 28.9 Å². The summed E-state index contributed by atoms with van der Waals surface area (Å²) in [6, 6.07) is 4.39. The Labute approximate surface area is 210 Å². The van der Waals surface area contributed by atoms with Gasteiger partial charge in [0.15, 0.2) is 6.10 Å². The van der Waals surface area contributed by atoms with E-state index in [-0.39, 0.29) is 30.8 Å². The molecule has 2 aliphatic heterocycles. The van der Waals surface area contributed by atoms with Crippen LogP contribution in [-0.2, 0) is 34.0 Å². The summed E-state index contributed by atoms with van der Waals surface area (Å²) in [4.78, 5) is 40.8. The summed E-state index contributed by atoms with van der Waals surface area (Å²) in [5.41, 5.74) is 7.47. The van der Waals surface area contributed by atoms with Gasteiger partial charge in [-0.05, 0) is 30.2 Å². The van der Waals surface area contributed by atoms with Crippen molar-refractivity contribution in [2.75, 3.05) is 0 Å². The van der Waals surface area contributed by atoms with Crippen molar-refractivity contribution in [3.63, 3.8) is 0 Å². The zero-order valence-corrected chi connectivity index (χ0v) is 20.4. The Morgan fingerprint density at radius 3 is 2.68 bits per heavy atom. The average molecular weight is 512 g/mol. The van der Waals surface area contributed by atoms with Gasteiger partial charge in [0, 0.05) is 28.8 Å². The summed E-state index contributed by atoms with van der Waals surface area (Å²) in [5.74, 6) is 3.35.